The van der Waals surface area contributed by atoms with Crippen molar-refractivity contribution in [2.45, 2.75) is 37.0 Å². The quantitative estimate of drug-likeness (QED) is 0.814. The third-order valence-electron chi connectivity index (χ3n) is 3.00. The lowest BCUT2D eigenvalue weighted by Gasteiger charge is -2.28. The number of nitrogens with one attached hydrogen (secondary N) is 1. The Bertz CT molecular complexity index is 344. The first kappa shape index (κ1) is 9.90. The van der Waals surface area contributed by atoms with Crippen molar-refractivity contribution in [3.8, 4) is 0 Å². The van der Waals surface area contributed by atoms with E-state index < -0.39 is 0 Å². The Balaban J connectivity index is 2.12. The zero-order chi connectivity index (χ0) is 9.97. The number of hydrogen-bond donors (Lipinski definition) is 1. The number of rotatable bonds is 2. The van der Waals surface area contributed by atoms with Gasteiger partial charge in [0.05, 0.1) is 0 Å². The molecule has 1 aromatic heterocycles. The molecule has 0 spiro atoms. The molecule has 78 valence electrons. The molecule has 4 heteroatoms. The van der Waals surface area contributed by atoms with E-state index in [0.29, 0.717) is 6.04 Å². The van der Waals surface area contributed by atoms with Crippen LogP contribution in [0.25, 0.3) is 0 Å². The molecule has 3 nitrogen and oxygen atoms in total. The highest BCUT2D eigenvalue weighted by atomic mass is 32.2. The van der Waals surface area contributed by atoms with Crippen LogP contribution in [0.5, 0.6) is 0 Å². The molecule has 2 rings (SSSR count). The number of aromatic amines is 1. The molecule has 0 bridgehead atoms. The van der Waals surface area contributed by atoms with Crippen molar-refractivity contribution in [2.24, 2.45) is 0 Å². The zero-order valence-electron chi connectivity index (χ0n) is 8.40. The predicted molar refractivity (Wildman–Crippen MR) is 59.9 cm³/mol. The molecule has 0 aliphatic heterocycles. The number of aromatic nitrogens is 2. The van der Waals surface area contributed by atoms with Crippen LogP contribution >= 0.6 is 11.8 Å². The van der Waals surface area contributed by atoms with E-state index in [1.807, 2.05) is 22.5 Å². The third-order valence-corrected chi connectivity index (χ3v) is 4.10. The van der Waals surface area contributed by atoms with Gasteiger partial charge in [-0.2, -0.15) is 11.8 Å². The minimum Gasteiger partial charge on any atom is -0.313 e. The van der Waals surface area contributed by atoms with Gasteiger partial charge >= 0.3 is 5.69 Å². The molecule has 1 fully saturated rings. The van der Waals surface area contributed by atoms with Gasteiger partial charge in [-0.25, -0.2) is 4.79 Å². The Labute approximate surface area is 87.9 Å². The van der Waals surface area contributed by atoms with Crippen LogP contribution in [0.3, 0.4) is 0 Å². The largest absolute Gasteiger partial charge is 0.325 e. The number of nitrogens with zero attached hydrogens (tertiary/aromatic N) is 1. The van der Waals surface area contributed by atoms with Gasteiger partial charge in [0, 0.05) is 23.7 Å². The number of imidazole rings is 1. The average molecular weight is 212 g/mol. The summed E-state index contributed by atoms with van der Waals surface area (Å²) in [5, 5.41) is 0.732. The Morgan fingerprint density at radius 1 is 1.57 bits per heavy atom. The van der Waals surface area contributed by atoms with E-state index in [4.69, 9.17) is 0 Å². The van der Waals surface area contributed by atoms with Crippen LogP contribution < -0.4 is 5.69 Å². The Morgan fingerprint density at radius 2 is 2.43 bits per heavy atom. The topological polar surface area (TPSA) is 37.8 Å². The summed E-state index contributed by atoms with van der Waals surface area (Å²) in [6, 6.07) is 0.417. The van der Waals surface area contributed by atoms with Crippen molar-refractivity contribution >= 4 is 11.8 Å². The first-order chi connectivity index (χ1) is 6.81. The SMILES string of the molecule is CSC1CCCC(n2cc[nH]c2=O)C1. The minimum atomic E-state index is 0.0387. The monoisotopic (exact) mass is 212 g/mol. The van der Waals surface area contributed by atoms with E-state index in [1.54, 1.807) is 6.20 Å². The van der Waals surface area contributed by atoms with Crippen LogP contribution in [0.4, 0.5) is 0 Å². The van der Waals surface area contributed by atoms with Crippen LogP contribution in [0.2, 0.25) is 0 Å². The summed E-state index contributed by atoms with van der Waals surface area (Å²) < 4.78 is 1.85. The molecule has 1 saturated carbocycles. The molecule has 0 saturated heterocycles. The van der Waals surface area contributed by atoms with E-state index >= 15 is 0 Å². The first-order valence-electron chi connectivity index (χ1n) is 5.09. The van der Waals surface area contributed by atoms with E-state index in [2.05, 4.69) is 11.2 Å². The maximum absolute atomic E-state index is 11.4. The molecular formula is C10H16N2OS. The maximum atomic E-state index is 11.4. The summed E-state index contributed by atoms with van der Waals surface area (Å²) in [5.41, 5.74) is 0.0387. The van der Waals surface area contributed by atoms with Crippen LogP contribution in [0.15, 0.2) is 17.2 Å². The number of H-pyrrole nitrogens is 1. The van der Waals surface area contributed by atoms with Crippen LogP contribution in [-0.4, -0.2) is 21.1 Å². The highest BCUT2D eigenvalue weighted by Crippen LogP contribution is 2.33. The van der Waals surface area contributed by atoms with Crippen molar-refractivity contribution in [1.82, 2.24) is 9.55 Å². The maximum Gasteiger partial charge on any atom is 0.325 e. The minimum absolute atomic E-state index is 0.0387. The molecule has 2 unspecified atom stereocenters. The Hall–Kier alpha value is -0.640. The second-order valence-corrected chi connectivity index (χ2v) is 4.99. The second-order valence-electron chi connectivity index (χ2n) is 3.85. The second kappa shape index (κ2) is 4.26. The van der Waals surface area contributed by atoms with Crippen molar-refractivity contribution in [1.29, 1.82) is 0 Å². The zero-order valence-corrected chi connectivity index (χ0v) is 9.22. The van der Waals surface area contributed by atoms with E-state index in [9.17, 15) is 4.79 Å². The molecule has 1 aromatic rings. The smallest absolute Gasteiger partial charge is 0.313 e. The molecule has 0 aromatic carbocycles. The van der Waals surface area contributed by atoms with Gasteiger partial charge in [0.25, 0.3) is 0 Å². The summed E-state index contributed by atoms with van der Waals surface area (Å²) in [6.45, 7) is 0. The van der Waals surface area contributed by atoms with Gasteiger partial charge in [-0.1, -0.05) is 6.42 Å². The van der Waals surface area contributed by atoms with E-state index in [-0.39, 0.29) is 5.69 Å². The van der Waals surface area contributed by atoms with Gasteiger partial charge in [0.1, 0.15) is 0 Å². The lowest BCUT2D eigenvalue weighted by atomic mass is 9.95. The lowest BCUT2D eigenvalue weighted by molar-refractivity contribution is 0.354. The van der Waals surface area contributed by atoms with Gasteiger partial charge in [0.2, 0.25) is 0 Å². The van der Waals surface area contributed by atoms with E-state index in [0.717, 1.165) is 18.1 Å². The average Bonchev–Trinajstić information content (AvgIpc) is 2.65. The van der Waals surface area contributed by atoms with Gasteiger partial charge in [0.15, 0.2) is 0 Å². The molecule has 0 amide bonds. The molecule has 1 heterocycles. The van der Waals surface area contributed by atoms with Crippen LogP contribution in [0.1, 0.15) is 31.7 Å². The fourth-order valence-electron chi connectivity index (χ4n) is 2.21. The number of hydrogen-bond acceptors (Lipinski definition) is 2. The Kier molecular flexibility index (Phi) is 3.01. The molecule has 1 aliphatic carbocycles. The van der Waals surface area contributed by atoms with Gasteiger partial charge < -0.3 is 4.98 Å². The predicted octanol–water partition coefficient (Wildman–Crippen LogP) is 2.02. The number of thioether (sulfide) groups is 1. The highest BCUT2D eigenvalue weighted by Gasteiger charge is 2.23. The van der Waals surface area contributed by atoms with Gasteiger partial charge in [-0.15, -0.1) is 0 Å². The van der Waals surface area contributed by atoms with Crippen molar-refractivity contribution in [2.75, 3.05) is 6.26 Å². The van der Waals surface area contributed by atoms with Crippen molar-refractivity contribution in [3.63, 3.8) is 0 Å². The fourth-order valence-corrected chi connectivity index (χ4v) is 3.02. The van der Waals surface area contributed by atoms with Crippen LogP contribution in [0, 0.1) is 0 Å². The summed E-state index contributed by atoms with van der Waals surface area (Å²) in [4.78, 5) is 14.1. The standard InChI is InChI=1S/C10H16N2OS/c1-14-9-4-2-3-8(7-9)12-6-5-11-10(12)13/h5-6,8-9H,2-4,7H2,1H3,(H,11,13). The Morgan fingerprint density at radius 3 is 3.07 bits per heavy atom. The fraction of sp³-hybridized carbons (Fsp3) is 0.700. The van der Waals surface area contributed by atoms with Crippen LogP contribution in [-0.2, 0) is 0 Å². The normalized spacial score (nSPS) is 27.8. The molecule has 1 aliphatic rings. The molecule has 0 radical (unpaired) electrons. The van der Waals surface area contributed by atoms with Gasteiger partial charge in [-0.3, -0.25) is 4.57 Å². The summed E-state index contributed by atoms with van der Waals surface area (Å²) in [7, 11) is 0. The van der Waals surface area contributed by atoms with E-state index in [1.165, 1.54) is 12.8 Å². The summed E-state index contributed by atoms with van der Waals surface area (Å²) >= 11 is 1.93. The van der Waals surface area contributed by atoms with Gasteiger partial charge in [-0.05, 0) is 25.5 Å². The van der Waals surface area contributed by atoms with Crippen molar-refractivity contribution < 1.29 is 0 Å². The third kappa shape index (κ3) is 1.90. The summed E-state index contributed by atoms with van der Waals surface area (Å²) in [6.07, 6.45) is 10.6. The lowest BCUT2D eigenvalue weighted by Crippen LogP contribution is -2.27. The molecule has 14 heavy (non-hydrogen) atoms. The first-order valence-corrected chi connectivity index (χ1v) is 6.38. The highest BCUT2D eigenvalue weighted by molar-refractivity contribution is 7.99. The summed E-state index contributed by atoms with van der Waals surface area (Å²) in [5.74, 6) is 0. The van der Waals surface area contributed by atoms with Crippen molar-refractivity contribution in [3.05, 3.63) is 22.9 Å². The molecular weight excluding hydrogens is 196 g/mol. The molecule has 1 N–H and O–H groups in total. The molecule has 2 atom stereocenters.